The van der Waals surface area contributed by atoms with E-state index in [-0.39, 0.29) is 56.9 Å². The molecule has 0 radical (unpaired) electrons. The van der Waals surface area contributed by atoms with Crippen LogP contribution >= 0.6 is 11.6 Å². The van der Waals surface area contributed by atoms with Gasteiger partial charge in [0.05, 0.1) is 35.6 Å². The van der Waals surface area contributed by atoms with Crippen molar-refractivity contribution < 1.29 is 58.8 Å². The van der Waals surface area contributed by atoms with Crippen molar-refractivity contribution in [2.24, 2.45) is 16.0 Å². The number of hydrogen-bond acceptors (Lipinski definition) is 20. The Balaban J connectivity index is 0.000000258. The summed E-state index contributed by atoms with van der Waals surface area (Å²) in [4.78, 5) is 38.7. The number of aromatic nitrogens is 4. The lowest BCUT2D eigenvalue weighted by atomic mass is 9.88. The second-order valence-electron chi connectivity index (χ2n) is 42.7. The van der Waals surface area contributed by atoms with Crippen LogP contribution in [0.4, 0.5) is 11.4 Å². The minimum atomic E-state index is -3.97. The minimum Gasteiger partial charge on any atom is -0.507 e. The van der Waals surface area contributed by atoms with Gasteiger partial charge in [-0.1, -0.05) is 351 Å². The molecule has 7 aromatic carbocycles. The quantitative estimate of drug-likeness (QED) is 0.0106. The number of methoxy groups -OCH3 is 1. The number of carbonyl (C=O) groups excluding carboxylic acids is 2. The molecule has 2 aliphatic heterocycles. The Labute approximate surface area is 909 Å². The maximum absolute atomic E-state index is 14.6. The smallest absolute Gasteiger partial charge is 0.316 e. The van der Waals surface area contributed by atoms with Gasteiger partial charge in [0.25, 0.3) is 11.8 Å². The molecular weight excluding hydrogens is 1960 g/mol. The standard InChI is InChI=1S/C51H76N6O5S2.C39H64N2O4S.C30H40ClN5O4/c1-8-11-14-17-20-23-26-40-28-30-45(39(4)33-40)61-63(58)56-43-35-42(50-53-49-38-48(51(5,6)7)54-57(49)55-50)36-44(37-43)64(52,59)62-46-31-29-41(27-24-21-18-15-12-9-2)34-47(46)60-32-25-22-19-16-13-10-3;1-10-12-14-16-18-20-22-41(23-21-19-17-15-13-11-2)39(43)36-27-33(24-31(9)37(36)42)40-46(44)45-38-34(29(5)6)25-32(28(3)4)26-35(38)30(7)8;1-6-7-8-9-14-25(39-22-16-15-19(2)17-20(22)3)29(37)32-18-21(4)27-33-28-26(31)30(35-36(28)34-27)40-24-13-11-10-12-23(24)38-5/h28-31,33-38,52,54,56H,8-27,32H2,1-7H3;24-30,40,42H,10-23H2,1-9H3;10-13,15-17,21,25-26,28H,6-9,14,18H2,1-5H3,(H,32,37)(H,33,34). The van der Waals surface area contributed by atoms with Crippen LogP contribution in [0.2, 0.25) is 0 Å². The van der Waals surface area contributed by atoms with Crippen molar-refractivity contribution >= 4 is 84.7 Å². The number of aromatic amines is 1. The summed E-state index contributed by atoms with van der Waals surface area (Å²) >= 11 is 2.70. The van der Waals surface area contributed by atoms with Crippen LogP contribution in [0.15, 0.2) is 142 Å². The van der Waals surface area contributed by atoms with Gasteiger partial charge in [-0.25, -0.2) is 19.0 Å². The zero-order valence-corrected chi connectivity index (χ0v) is 97.4. The monoisotopic (exact) mass is 2140 g/mol. The summed E-state index contributed by atoms with van der Waals surface area (Å²) in [6.45, 7) is 44.5. The molecule has 828 valence electrons. The Morgan fingerprint density at radius 1 is 0.567 bits per heavy atom. The highest BCUT2D eigenvalue weighted by Gasteiger charge is 2.44. The van der Waals surface area contributed by atoms with E-state index in [4.69, 9.17) is 58.2 Å². The highest BCUT2D eigenvalue weighted by molar-refractivity contribution is 7.88. The molecule has 7 unspecified atom stereocenters. The first kappa shape index (κ1) is 123. The Morgan fingerprint density at radius 3 is 1.64 bits per heavy atom. The number of amides is 2. The van der Waals surface area contributed by atoms with Crippen LogP contribution in [0.5, 0.6) is 46.0 Å². The number of aromatic hydroxyl groups is 1. The molecule has 7 atom stereocenters. The van der Waals surface area contributed by atoms with Crippen molar-refractivity contribution in [3.05, 3.63) is 189 Å². The summed E-state index contributed by atoms with van der Waals surface area (Å²) in [7, 11) is -2.39. The largest absolute Gasteiger partial charge is 0.507 e. The van der Waals surface area contributed by atoms with Crippen LogP contribution in [0.1, 0.15) is 419 Å². The number of hydrogen-bond donors (Lipinski definition) is 7. The number of fused-ring (bicyclic) bond motifs is 2. The molecule has 4 heterocycles. The minimum absolute atomic E-state index is 0.0217. The molecule has 2 aliphatic rings. The Bertz CT molecular complexity index is 5820. The number of phenols is 1. The second-order valence-corrected chi connectivity index (χ2v) is 46.5. The highest BCUT2D eigenvalue weighted by atomic mass is 35.5. The first-order chi connectivity index (χ1) is 72.0. The van der Waals surface area contributed by atoms with E-state index in [0.29, 0.717) is 113 Å². The number of amidine groups is 1. The summed E-state index contributed by atoms with van der Waals surface area (Å²) in [6, 6.07) is 39.5. The zero-order valence-electron chi connectivity index (χ0n) is 94.2. The molecule has 0 fully saturated rings. The molecule has 0 spiro atoms. The van der Waals surface area contributed by atoms with E-state index in [9.17, 15) is 32.1 Å². The average Bonchev–Trinajstić information content (AvgIpc) is 1.61. The Hall–Kier alpha value is -10.4. The molecule has 0 aliphatic carbocycles. The van der Waals surface area contributed by atoms with Crippen molar-refractivity contribution in [2.45, 2.75) is 422 Å². The summed E-state index contributed by atoms with van der Waals surface area (Å²) in [5.41, 5.74) is 15.4. The number of ether oxygens (including phenoxy) is 4. The van der Waals surface area contributed by atoms with Crippen molar-refractivity contribution in [1.82, 2.24) is 40.6 Å². The van der Waals surface area contributed by atoms with Gasteiger partial charge < -0.3 is 46.8 Å². The van der Waals surface area contributed by atoms with Gasteiger partial charge in [-0.3, -0.25) is 29.6 Å². The Kier molecular flexibility index (Phi) is 52.5. The van der Waals surface area contributed by atoms with Gasteiger partial charge in [-0.05, 0) is 214 Å². The number of aryl methyl sites for hydroxylation is 6. The molecule has 2 aromatic heterocycles. The van der Waals surface area contributed by atoms with Crippen LogP contribution in [0.3, 0.4) is 0 Å². The molecule has 0 saturated carbocycles. The third kappa shape index (κ3) is 39.6. The molecule has 26 nitrogen and oxygen atoms in total. The molecular formula is C120H180ClN13O13S3. The summed E-state index contributed by atoms with van der Waals surface area (Å²) in [6.07, 6.45) is 41.1. The normalized spacial score (nSPS) is 14.5. The van der Waals surface area contributed by atoms with Gasteiger partial charge in [0.1, 0.15) is 28.8 Å². The molecule has 0 saturated heterocycles. The molecule has 9 aromatic rings. The van der Waals surface area contributed by atoms with Crippen LogP contribution in [-0.4, -0.2) is 122 Å². The number of halogens is 1. The fraction of sp³-hybridized carbons (Fsp3) is 0.583. The number of aliphatic imine (C=N–C) groups is 1. The number of nitrogens with one attached hydrogen (secondary N) is 6. The van der Waals surface area contributed by atoms with Crippen LogP contribution in [-0.2, 0) is 55.6 Å². The number of anilines is 2. The second kappa shape index (κ2) is 64.0. The van der Waals surface area contributed by atoms with E-state index in [1.807, 2.05) is 93.3 Å². The van der Waals surface area contributed by atoms with Crippen LogP contribution in [0, 0.1) is 38.4 Å². The molecule has 30 heteroatoms. The maximum Gasteiger partial charge on any atom is 0.316 e. The average molecular weight is 2140 g/mol. The third-order valence-electron chi connectivity index (χ3n) is 27.5. The number of para-hydroxylation sites is 2. The predicted molar refractivity (Wildman–Crippen MR) is 619 cm³/mol. The zero-order chi connectivity index (χ0) is 109. The molecule has 0 bridgehead atoms. The first-order valence-corrected chi connectivity index (χ1v) is 60.2. The van der Waals surface area contributed by atoms with Crippen molar-refractivity contribution in [1.29, 1.82) is 4.78 Å². The molecule has 7 N–H and O–H groups in total. The summed E-state index contributed by atoms with van der Waals surface area (Å²) in [5, 5.41) is 27.6. The third-order valence-corrected chi connectivity index (χ3v) is 30.6. The number of alkyl halides is 1. The van der Waals surface area contributed by atoms with Crippen molar-refractivity contribution in [3.8, 4) is 57.4 Å². The number of benzene rings is 7. The lowest BCUT2D eigenvalue weighted by Crippen LogP contribution is -2.44. The van der Waals surface area contributed by atoms with Crippen molar-refractivity contribution in [3.63, 3.8) is 0 Å². The van der Waals surface area contributed by atoms with Gasteiger partial charge in [0, 0.05) is 48.3 Å². The van der Waals surface area contributed by atoms with E-state index in [2.05, 4.69) is 159 Å². The lowest BCUT2D eigenvalue weighted by molar-refractivity contribution is -0.128. The highest BCUT2D eigenvalue weighted by Crippen LogP contribution is 2.42. The number of nitrogens with zero attached hydrogens (tertiary/aromatic N) is 7. The van der Waals surface area contributed by atoms with E-state index in [0.717, 1.165) is 141 Å². The van der Waals surface area contributed by atoms with Gasteiger partial charge in [0.15, 0.2) is 52.1 Å². The van der Waals surface area contributed by atoms with E-state index >= 15 is 0 Å². The summed E-state index contributed by atoms with van der Waals surface area (Å²) < 4.78 is 101. The number of hydrazine groups is 1. The SMILES string of the molecule is CCCCCCC(Oc1ccc(C)cc1C)C(=O)NCC(C)C1=NC2C(Cl)C(Oc3ccccc3OC)=NN2N1.CCCCCCCCN(CCCCCCCC)C(=O)c1cc(NS(=O)Oc2c(C(C)C)cc(C(C)C)cc2C(C)C)cc(C)c1O.CCCCCCCCOc1cc(CCCCCCCC)ccc1OS(=N)(=O)c1cc(NS(=O)Oc2ccc(CCCCCCCC)cc2C)cc(-c2nc3cc(C(C)(C)C)[nH]n3n2)c1. The van der Waals surface area contributed by atoms with Gasteiger partial charge in [-0.2, -0.15) is 18.2 Å². The van der Waals surface area contributed by atoms with E-state index in [1.54, 1.807) is 60.2 Å². The maximum atomic E-state index is 14.6. The van der Waals surface area contributed by atoms with Crippen molar-refractivity contribution in [2.75, 3.05) is 42.8 Å². The van der Waals surface area contributed by atoms with Crippen LogP contribution in [0.25, 0.3) is 17.0 Å². The Morgan fingerprint density at radius 2 is 1.09 bits per heavy atom. The van der Waals surface area contributed by atoms with Gasteiger partial charge in [0.2, 0.25) is 15.9 Å². The number of unbranched alkanes of at least 4 members (excludes halogenated alkanes) is 28. The predicted octanol–water partition coefficient (Wildman–Crippen LogP) is 31.0. The van der Waals surface area contributed by atoms with Gasteiger partial charge >= 0.3 is 22.5 Å². The lowest BCUT2D eigenvalue weighted by Gasteiger charge is -2.24. The fourth-order valence-electron chi connectivity index (χ4n) is 18.2. The molecule has 2 amide bonds. The number of rotatable bonds is 65. The summed E-state index contributed by atoms with van der Waals surface area (Å²) in [5.74, 6) is 5.43. The number of hydrazone groups is 1. The van der Waals surface area contributed by atoms with E-state index < -0.39 is 50.2 Å². The topological polar surface area (TPSA) is 319 Å². The van der Waals surface area contributed by atoms with Gasteiger partial charge in [-0.15, -0.1) is 21.8 Å². The fourth-order valence-corrected chi connectivity index (χ4v) is 20.9. The molecule has 11 rings (SSSR count). The number of H-pyrrole nitrogens is 1. The number of phenolic OH excluding ortho intramolecular Hbond substituents is 1. The van der Waals surface area contributed by atoms with E-state index in [1.165, 1.54) is 152 Å². The first-order valence-electron chi connectivity index (χ1n) is 56.2. The van der Waals surface area contributed by atoms with Crippen LogP contribution < -0.4 is 51.7 Å². The number of carbonyl (C=O) groups is 2. The molecule has 150 heavy (non-hydrogen) atoms.